The average Bonchev–Trinajstić information content (AvgIpc) is 3.42. The highest BCUT2D eigenvalue weighted by Gasteiger charge is 2.77. The van der Waals surface area contributed by atoms with Gasteiger partial charge in [0, 0.05) is 5.41 Å². The number of epoxide rings is 1. The molecule has 3 aliphatic rings. The molecule has 1 aliphatic heterocycles. The lowest BCUT2D eigenvalue weighted by molar-refractivity contribution is -0.0275. The molecule has 2 aliphatic carbocycles. The second-order valence-electron chi connectivity index (χ2n) is 12.2. The maximum absolute atomic E-state index is 10.9. The Bertz CT molecular complexity index is 772. The standard InChI is InChI=1S/C25H42O3Si2/c1-23(2,3)30(6,7)28-20-17-21(29(4,5)19-13-9-8-10-14-19)24(18-26)15-11-12-16-25(24)22(20)27-25/h8-10,13-14,20-22,26H,11-12,15-18H2,1-7H3/t20-,21+,22-,24+,25-/m1/s1. The van der Waals surface area contributed by atoms with Crippen LogP contribution in [0.4, 0.5) is 0 Å². The fraction of sp³-hybridized carbons (Fsp3) is 0.760. The molecule has 5 heteroatoms. The van der Waals surface area contributed by atoms with Gasteiger partial charge in [-0.15, -0.1) is 0 Å². The molecule has 0 aromatic heterocycles. The van der Waals surface area contributed by atoms with E-state index in [2.05, 4.69) is 77.3 Å². The Morgan fingerprint density at radius 1 is 1.07 bits per heavy atom. The van der Waals surface area contributed by atoms with Crippen LogP contribution in [0, 0.1) is 5.41 Å². The van der Waals surface area contributed by atoms with Crippen molar-refractivity contribution in [3.63, 3.8) is 0 Å². The van der Waals surface area contributed by atoms with Crippen molar-refractivity contribution in [2.24, 2.45) is 5.41 Å². The Balaban J connectivity index is 1.75. The van der Waals surface area contributed by atoms with E-state index >= 15 is 0 Å². The molecule has 5 atom stereocenters. The first-order valence-corrected chi connectivity index (χ1v) is 17.9. The zero-order valence-corrected chi connectivity index (χ0v) is 22.1. The predicted molar refractivity (Wildman–Crippen MR) is 130 cm³/mol. The first-order chi connectivity index (χ1) is 13.9. The van der Waals surface area contributed by atoms with E-state index in [1.807, 2.05) is 0 Å². The second kappa shape index (κ2) is 7.27. The lowest BCUT2D eigenvalue weighted by Gasteiger charge is -2.56. The largest absolute Gasteiger partial charge is 0.411 e. The van der Waals surface area contributed by atoms with Crippen LogP contribution < -0.4 is 5.19 Å². The van der Waals surface area contributed by atoms with E-state index in [-0.39, 0.29) is 34.9 Å². The van der Waals surface area contributed by atoms with Crippen LogP contribution in [0.2, 0.25) is 36.8 Å². The van der Waals surface area contributed by atoms with Gasteiger partial charge in [0.15, 0.2) is 8.32 Å². The minimum atomic E-state index is -1.90. The SMILES string of the molecule is CC(C)(C)[Si](C)(C)O[C@@H]1C[C@H]([Si](C)(C)c2ccccc2)[C@@]2(CO)CCCC[C@]23O[C@H]13. The summed E-state index contributed by atoms with van der Waals surface area (Å²) >= 11 is 0. The first-order valence-electron chi connectivity index (χ1n) is 11.9. The van der Waals surface area contributed by atoms with Gasteiger partial charge in [-0.1, -0.05) is 82.2 Å². The van der Waals surface area contributed by atoms with E-state index in [9.17, 15) is 5.11 Å². The fourth-order valence-electron chi connectivity index (χ4n) is 6.55. The van der Waals surface area contributed by atoms with Crippen LogP contribution >= 0.6 is 0 Å². The van der Waals surface area contributed by atoms with Crippen molar-refractivity contribution >= 4 is 21.6 Å². The van der Waals surface area contributed by atoms with Crippen LogP contribution in [0.5, 0.6) is 0 Å². The molecule has 4 rings (SSSR count). The van der Waals surface area contributed by atoms with Crippen molar-refractivity contribution in [2.75, 3.05) is 6.61 Å². The number of ether oxygens (including phenoxy) is 1. The van der Waals surface area contributed by atoms with E-state index < -0.39 is 16.4 Å². The Morgan fingerprint density at radius 3 is 2.30 bits per heavy atom. The van der Waals surface area contributed by atoms with Crippen LogP contribution in [0.1, 0.15) is 52.9 Å². The highest BCUT2D eigenvalue weighted by molar-refractivity contribution is 6.91. The van der Waals surface area contributed by atoms with E-state index in [0.29, 0.717) is 5.54 Å². The minimum absolute atomic E-state index is 0.102. The summed E-state index contributed by atoms with van der Waals surface area (Å²) in [5.41, 5.74) is 0.204. The summed E-state index contributed by atoms with van der Waals surface area (Å²) in [5.74, 6) is 0. The summed E-state index contributed by atoms with van der Waals surface area (Å²) in [6, 6.07) is 11.1. The molecule has 3 fully saturated rings. The van der Waals surface area contributed by atoms with Crippen LogP contribution in [0.3, 0.4) is 0 Å². The monoisotopic (exact) mass is 446 g/mol. The highest BCUT2D eigenvalue weighted by Crippen LogP contribution is 2.70. The Morgan fingerprint density at radius 2 is 1.70 bits per heavy atom. The summed E-state index contributed by atoms with van der Waals surface area (Å²) in [4.78, 5) is 0. The molecule has 0 unspecified atom stereocenters. The molecular weight excluding hydrogens is 404 g/mol. The molecule has 0 bridgehead atoms. The van der Waals surface area contributed by atoms with Crippen molar-refractivity contribution in [2.45, 2.75) is 107 Å². The molecule has 1 heterocycles. The topological polar surface area (TPSA) is 42.0 Å². The smallest absolute Gasteiger partial charge is 0.192 e. The van der Waals surface area contributed by atoms with Gasteiger partial charge in [-0.25, -0.2) is 0 Å². The Labute approximate surface area is 185 Å². The number of rotatable bonds is 5. The quantitative estimate of drug-likeness (QED) is 0.482. The molecule has 0 amide bonds. The lowest BCUT2D eigenvalue weighted by Crippen LogP contribution is -2.64. The maximum Gasteiger partial charge on any atom is 0.192 e. The molecule has 1 aromatic rings. The molecule has 2 saturated carbocycles. The lowest BCUT2D eigenvalue weighted by atomic mass is 9.58. The van der Waals surface area contributed by atoms with Crippen molar-refractivity contribution < 1.29 is 14.3 Å². The summed E-state index contributed by atoms with van der Waals surface area (Å²) in [5, 5.41) is 12.6. The van der Waals surface area contributed by atoms with Crippen LogP contribution in [-0.4, -0.2) is 45.9 Å². The average molecular weight is 447 g/mol. The van der Waals surface area contributed by atoms with Gasteiger partial charge < -0.3 is 14.3 Å². The molecular formula is C25H42O3Si2. The number of aliphatic hydroxyl groups excluding tert-OH is 1. The predicted octanol–water partition coefficient (Wildman–Crippen LogP) is 5.46. The summed E-state index contributed by atoms with van der Waals surface area (Å²) in [6.45, 7) is 17.0. The van der Waals surface area contributed by atoms with Gasteiger partial charge in [-0.2, -0.15) is 0 Å². The molecule has 1 saturated heterocycles. The van der Waals surface area contributed by atoms with Crippen molar-refractivity contribution in [3.05, 3.63) is 30.3 Å². The first kappa shape index (κ1) is 22.7. The third-order valence-corrected chi connectivity index (χ3v) is 18.3. The van der Waals surface area contributed by atoms with Crippen molar-refractivity contribution in [1.82, 2.24) is 0 Å². The Hall–Kier alpha value is -0.466. The zero-order chi connectivity index (χ0) is 22.0. The fourth-order valence-corrected chi connectivity index (χ4v) is 12.0. The van der Waals surface area contributed by atoms with E-state index in [4.69, 9.17) is 9.16 Å². The van der Waals surface area contributed by atoms with Crippen molar-refractivity contribution in [3.8, 4) is 0 Å². The number of benzene rings is 1. The van der Waals surface area contributed by atoms with Crippen molar-refractivity contribution in [1.29, 1.82) is 0 Å². The number of hydrogen-bond donors (Lipinski definition) is 1. The van der Waals surface area contributed by atoms with Gasteiger partial charge >= 0.3 is 0 Å². The summed E-state index contributed by atoms with van der Waals surface area (Å²) < 4.78 is 13.7. The van der Waals surface area contributed by atoms with E-state index in [1.54, 1.807) is 0 Å². The van der Waals surface area contributed by atoms with Gasteiger partial charge in [0.2, 0.25) is 0 Å². The molecule has 168 valence electrons. The zero-order valence-electron chi connectivity index (χ0n) is 20.1. The van der Waals surface area contributed by atoms with E-state index in [1.165, 1.54) is 18.0 Å². The van der Waals surface area contributed by atoms with Gasteiger partial charge in [0.1, 0.15) is 11.7 Å². The number of hydrogen-bond acceptors (Lipinski definition) is 3. The van der Waals surface area contributed by atoms with Gasteiger partial charge in [0.25, 0.3) is 0 Å². The number of aliphatic hydroxyl groups is 1. The van der Waals surface area contributed by atoms with Crippen LogP contribution in [-0.2, 0) is 9.16 Å². The molecule has 0 radical (unpaired) electrons. The molecule has 1 spiro atoms. The summed E-state index contributed by atoms with van der Waals surface area (Å²) in [7, 11) is -3.76. The minimum Gasteiger partial charge on any atom is -0.411 e. The summed E-state index contributed by atoms with van der Waals surface area (Å²) in [6.07, 6.45) is 5.99. The van der Waals surface area contributed by atoms with Crippen LogP contribution in [0.15, 0.2) is 30.3 Å². The maximum atomic E-state index is 10.9. The third kappa shape index (κ3) is 3.22. The second-order valence-corrected chi connectivity index (χ2v) is 21.7. The molecule has 1 aromatic carbocycles. The third-order valence-electron chi connectivity index (χ3n) is 9.40. The van der Waals surface area contributed by atoms with E-state index in [0.717, 1.165) is 19.3 Å². The van der Waals surface area contributed by atoms with Crippen LogP contribution in [0.25, 0.3) is 0 Å². The van der Waals surface area contributed by atoms with Gasteiger partial charge in [-0.05, 0) is 42.9 Å². The normalized spacial score (nSPS) is 36.7. The molecule has 1 N–H and O–H groups in total. The van der Waals surface area contributed by atoms with Gasteiger partial charge in [-0.3, -0.25) is 0 Å². The Kier molecular flexibility index (Phi) is 5.51. The van der Waals surface area contributed by atoms with Gasteiger partial charge in [0.05, 0.1) is 20.8 Å². The molecule has 3 nitrogen and oxygen atoms in total. The molecule has 30 heavy (non-hydrogen) atoms. The highest BCUT2D eigenvalue weighted by atomic mass is 28.4.